The van der Waals surface area contributed by atoms with Gasteiger partial charge in [0.15, 0.2) is 23.1 Å². The molecule has 0 saturated carbocycles. The molecule has 0 unspecified atom stereocenters. The number of nitrogens with one attached hydrogen (secondary N) is 4. The molecule has 0 bridgehead atoms. The number of rotatable bonds is 35. The van der Waals surface area contributed by atoms with E-state index in [9.17, 15) is 93.6 Å². The molecule has 2 aliphatic rings. The number of aliphatic hydroxyl groups is 3. The summed E-state index contributed by atoms with van der Waals surface area (Å²) in [5, 5.41) is 73.2. The maximum atomic E-state index is 13.7. The van der Waals surface area contributed by atoms with Gasteiger partial charge in [0.25, 0.3) is 17.1 Å². The Morgan fingerprint density at radius 2 is 0.778 bits per heavy atom. The first kappa shape index (κ1) is 113. The number of unbranched alkanes of at least 4 members (excludes halogenated alkanes) is 2. The lowest BCUT2D eigenvalue weighted by molar-refractivity contribution is -0.385. The van der Waals surface area contributed by atoms with Crippen molar-refractivity contribution in [2.45, 2.75) is 224 Å². The number of Topliss-reactive ketones (excluding diaryl/α,β-unsaturated/α-hetero) is 4. The Hall–Kier alpha value is -11.2. The minimum atomic E-state index is -1.07. The third-order valence-electron chi connectivity index (χ3n) is 18.8. The summed E-state index contributed by atoms with van der Waals surface area (Å²) in [7, 11) is 0. The summed E-state index contributed by atoms with van der Waals surface area (Å²) in [5.41, 5.74) is 1.29. The number of nitrogens with zero attached hydrogens (tertiary/aromatic N) is 5. The molecule has 0 radical (unpaired) electrons. The second-order valence-corrected chi connectivity index (χ2v) is 33.8. The van der Waals surface area contributed by atoms with Gasteiger partial charge in [0, 0.05) is 123 Å². The van der Waals surface area contributed by atoms with Crippen molar-refractivity contribution in [3.63, 3.8) is 0 Å². The lowest BCUT2D eigenvalue weighted by Crippen LogP contribution is -2.47. The topological polar surface area (TPSA) is 489 Å². The van der Waals surface area contributed by atoms with Crippen molar-refractivity contribution < 1.29 is 106 Å². The van der Waals surface area contributed by atoms with Crippen molar-refractivity contribution in [3.05, 3.63) is 185 Å². The Kier molecular flexibility index (Phi) is 47.1. The van der Waals surface area contributed by atoms with Crippen molar-refractivity contribution in [1.82, 2.24) is 10.6 Å². The van der Waals surface area contributed by atoms with Gasteiger partial charge in [-0.3, -0.25) is 69.1 Å². The number of aliphatic imine (C=N–C) groups is 2. The Morgan fingerprint density at radius 3 is 1.06 bits per heavy atom. The van der Waals surface area contributed by atoms with E-state index in [4.69, 9.17) is 28.4 Å². The summed E-state index contributed by atoms with van der Waals surface area (Å²) < 4.78 is 30.5. The van der Waals surface area contributed by atoms with Crippen LogP contribution in [-0.2, 0) is 56.2 Å². The van der Waals surface area contributed by atoms with Gasteiger partial charge in [-0.05, 0) is 176 Å². The number of benzene rings is 5. The van der Waals surface area contributed by atoms with Crippen LogP contribution in [0, 0.1) is 64.8 Å². The van der Waals surface area contributed by atoms with E-state index in [0.717, 1.165) is 0 Å². The summed E-state index contributed by atoms with van der Waals surface area (Å²) in [4.78, 5) is 167. The number of alkyl carbamates (subject to hydrolysis) is 2. The van der Waals surface area contributed by atoms with Crippen LogP contribution in [0.3, 0.4) is 0 Å². The molecule has 5 aromatic carbocycles. The number of ketones is 4. The van der Waals surface area contributed by atoms with Crippen molar-refractivity contribution in [2.24, 2.45) is 44.5 Å². The second-order valence-electron chi connectivity index (χ2n) is 33.8. The lowest BCUT2D eigenvalue weighted by Gasteiger charge is -2.29. The number of non-ortho nitro benzene ring substituents is 3. The van der Waals surface area contributed by atoms with Crippen LogP contribution in [0.4, 0.5) is 47.6 Å². The van der Waals surface area contributed by atoms with E-state index in [1.807, 2.05) is 41.5 Å². The fourth-order valence-corrected chi connectivity index (χ4v) is 12.8. The van der Waals surface area contributed by atoms with E-state index >= 15 is 0 Å². The summed E-state index contributed by atoms with van der Waals surface area (Å²) in [6, 6.07) is 26.2. The first-order valence-electron chi connectivity index (χ1n) is 39.9. The summed E-state index contributed by atoms with van der Waals surface area (Å²) >= 11 is 0. The first-order chi connectivity index (χ1) is 57.0. The molecular formula is C88H121N9O25S4. The van der Waals surface area contributed by atoms with Crippen LogP contribution >= 0.6 is 54.0 Å². The zero-order valence-electron chi connectivity index (χ0n) is 73.9. The number of carbonyl (C=O) groups excluding carboxylic acids is 10. The molecule has 0 saturated heterocycles. The Balaban J connectivity index is 0.00000101. The molecule has 0 aliphatic heterocycles. The first-order valence-corrected chi connectivity index (χ1v) is 39.9. The van der Waals surface area contributed by atoms with Crippen LogP contribution in [0.5, 0.6) is 17.2 Å². The van der Waals surface area contributed by atoms with Gasteiger partial charge in [-0.25, -0.2) is 19.2 Å². The Bertz CT molecular complexity index is 4620. The molecule has 4 atom stereocenters. The van der Waals surface area contributed by atoms with Crippen LogP contribution in [-0.4, -0.2) is 137 Å². The van der Waals surface area contributed by atoms with Crippen molar-refractivity contribution in [1.29, 1.82) is 0 Å². The highest BCUT2D eigenvalue weighted by atomic mass is 32.1. The Labute approximate surface area is 761 Å². The highest BCUT2D eigenvalue weighted by molar-refractivity contribution is 7.59. The van der Waals surface area contributed by atoms with Crippen LogP contribution in [0.25, 0.3) is 0 Å². The fraction of sp³-hybridized carbons (Fsp3) is 0.477. The van der Waals surface area contributed by atoms with Crippen LogP contribution in [0.2, 0.25) is 0 Å². The third-order valence-corrected chi connectivity index (χ3v) is 18.8. The van der Waals surface area contributed by atoms with Gasteiger partial charge in [-0.1, -0.05) is 92.5 Å². The fourth-order valence-electron chi connectivity index (χ4n) is 12.8. The molecule has 692 valence electrons. The molecule has 5 aromatic rings. The van der Waals surface area contributed by atoms with Crippen LogP contribution < -0.4 is 35.5 Å². The zero-order chi connectivity index (χ0) is 91.1. The monoisotopic (exact) mass is 1830 g/mol. The van der Waals surface area contributed by atoms with Gasteiger partial charge in [-0.2, -0.15) is 54.0 Å². The predicted molar refractivity (Wildman–Crippen MR) is 496 cm³/mol. The van der Waals surface area contributed by atoms with E-state index in [0.29, 0.717) is 117 Å². The number of amides is 4. The number of anilines is 2. The van der Waals surface area contributed by atoms with E-state index in [1.165, 1.54) is 72.8 Å². The summed E-state index contributed by atoms with van der Waals surface area (Å²) in [6.07, 6.45) is 0.760. The average Bonchev–Trinajstić information content (AvgIpc) is 0.806. The molecule has 0 fully saturated rings. The number of nitro groups is 3. The van der Waals surface area contributed by atoms with Crippen LogP contribution in [0.1, 0.15) is 199 Å². The number of nitro benzene ring substituents is 3. The van der Waals surface area contributed by atoms with Crippen molar-refractivity contribution in [2.75, 3.05) is 23.7 Å². The minimum absolute atomic E-state index is 0. The molecule has 38 heteroatoms. The normalized spacial score (nSPS) is 14.5. The number of hydrogen-bond acceptors (Lipinski definition) is 27. The Morgan fingerprint density at radius 1 is 0.468 bits per heavy atom. The largest absolute Gasteiger partial charge is 0.519 e. The molecule has 34 nitrogen and oxygen atoms in total. The van der Waals surface area contributed by atoms with Gasteiger partial charge in [0.05, 0.1) is 44.6 Å². The van der Waals surface area contributed by atoms with Gasteiger partial charge in [-0.15, -0.1) is 0 Å². The number of aliphatic hydroxyl groups excluding tert-OH is 3. The molecule has 0 heterocycles. The number of hydrogen-bond donors (Lipinski definition) is 7. The van der Waals surface area contributed by atoms with Gasteiger partial charge < -0.3 is 65.0 Å². The highest BCUT2D eigenvalue weighted by Gasteiger charge is 2.37. The maximum absolute atomic E-state index is 13.7. The summed E-state index contributed by atoms with van der Waals surface area (Å²) in [5.74, 6) is -3.16. The predicted octanol–water partition coefficient (Wildman–Crippen LogP) is 17.8. The molecule has 2 aliphatic carbocycles. The smallest absolute Gasteiger partial charge is 0.511 e. The average molecular weight is 1830 g/mol. The standard InChI is InChI=1S/C41H54N4O11.C34H51N3O7.C13H8N2O7.4H2S/c1-25(2)36(44-38(50)56-40(4,5)6)32(46)21-28(11-9-10-20-42-26(3)35-33(47)22-41(7,8)23-34(35)48)37(49)43-29-14-12-27(13-15-29)24-54-39(51)55-31-18-16-30(17-19-31)45(52)53;1-21(2)30(37-32(43)44-33(4,5)6)26(39)17-24(31(42)36-25-14-12-23(20-38)13-15-25)11-9-10-16-35-22(3)29-27(40)18-34(7,8)19-28(29)41;16-13(21-11-5-1-9(2-6-11)14(17)18)22-12-7-3-10(4-8-12)15(19)20;;;;/h12-19,25,28,36,47H,9-11,20-24H2,1-8H3,(H,43,49)(H,44,50);12-15,21,24,30,38,40H,9-11,16-20H2,1-8H3,(H,36,42)(H,37,43);1-8H;4*1H2/t28-,36+;24-,30+;;;;;/m11...../s1. The van der Waals surface area contributed by atoms with E-state index in [-0.39, 0.29) is 183 Å². The molecule has 7 N–H and O–H groups in total. The second kappa shape index (κ2) is 52.7. The zero-order valence-corrected chi connectivity index (χ0v) is 77.9. The van der Waals surface area contributed by atoms with E-state index < -0.39 is 80.3 Å². The van der Waals surface area contributed by atoms with Crippen molar-refractivity contribution >= 4 is 153 Å². The van der Waals surface area contributed by atoms with Gasteiger partial charge in [0.1, 0.15) is 46.6 Å². The number of allylic oxidation sites excluding steroid dienone is 4. The molecule has 4 amide bonds. The molecule has 7 rings (SSSR count). The number of ether oxygens (including phenoxy) is 6. The quantitative estimate of drug-likeness (QED) is 0.00377. The molecule has 0 spiro atoms. The minimum Gasteiger partial charge on any atom is -0.511 e. The highest BCUT2D eigenvalue weighted by Crippen LogP contribution is 2.38. The van der Waals surface area contributed by atoms with Crippen molar-refractivity contribution in [3.8, 4) is 17.2 Å². The van der Waals surface area contributed by atoms with E-state index in [1.54, 1.807) is 118 Å². The summed E-state index contributed by atoms with van der Waals surface area (Å²) in [6.45, 7) is 29.3. The molecular weight excluding hydrogens is 1710 g/mol. The van der Waals surface area contributed by atoms with E-state index in [2.05, 4.69) is 31.3 Å². The van der Waals surface area contributed by atoms with Gasteiger partial charge >= 0.3 is 24.5 Å². The number of carbonyl (C=O) groups is 10. The molecule has 126 heavy (non-hydrogen) atoms. The third kappa shape index (κ3) is 40.0. The lowest BCUT2D eigenvalue weighted by atomic mass is 9.76. The van der Waals surface area contributed by atoms with Crippen LogP contribution in [0.15, 0.2) is 154 Å². The molecule has 0 aromatic heterocycles. The SMILES string of the molecule is CC(=NCCCC[C@H](CC(=O)[C@@H](NC(=O)OC(C)(C)C)C(C)C)C(=O)Nc1ccc(CO)cc1)C1=C(O)CC(C)(C)CC1=O.CC(=NCCCC[C@H](CC(=O)[C@@H](NC(=O)OC(C)(C)C)C(C)C)C(=O)Nc1ccc(COC(=O)Oc2ccc([N+](=O)[O-])cc2)cc1)C1=C(O)CC(C)(C)CC1=O.O=C(Oc1ccc([N+](=O)[O-])cc1)Oc1ccc([N+](=O)[O-])cc1.S.S.S.S. The van der Waals surface area contributed by atoms with Gasteiger partial charge in [0.2, 0.25) is 11.8 Å². The maximum Gasteiger partial charge on any atom is 0.519 e.